The molecule has 0 rings (SSSR count). The van der Waals surface area contributed by atoms with E-state index in [4.69, 9.17) is 4.74 Å². The second-order valence-electron chi connectivity index (χ2n) is 6.48. The van der Waals surface area contributed by atoms with Gasteiger partial charge in [-0.1, -0.05) is 34.1 Å². The molecule has 0 fully saturated rings. The molecule has 0 aliphatic rings. The van der Waals surface area contributed by atoms with Crippen molar-refractivity contribution in [1.29, 1.82) is 0 Å². The third-order valence-corrected chi connectivity index (χ3v) is 3.72. The van der Waals surface area contributed by atoms with E-state index < -0.39 is 0 Å². The molecular weight excluding hydrogens is 278 g/mol. The van der Waals surface area contributed by atoms with Crippen molar-refractivity contribution in [2.75, 3.05) is 20.3 Å². The van der Waals surface area contributed by atoms with Crippen LogP contribution in [0.3, 0.4) is 0 Å². The number of unbranched alkanes of at least 4 members (excludes halogenated alkanes) is 1. The topological polar surface area (TPSA) is 55.7 Å². The molecule has 0 heterocycles. The summed E-state index contributed by atoms with van der Waals surface area (Å²) < 4.78 is 5.61. The van der Waals surface area contributed by atoms with Crippen LogP contribution in [-0.2, 0) is 14.3 Å². The second-order valence-corrected chi connectivity index (χ2v) is 6.48. The molecule has 4 nitrogen and oxygen atoms in total. The second kappa shape index (κ2) is 12.5. The fraction of sp³-hybridized carbons (Fsp3) is 0.833. The van der Waals surface area contributed by atoms with E-state index >= 15 is 0 Å². The lowest BCUT2D eigenvalue weighted by molar-refractivity contribution is -0.123. The van der Waals surface area contributed by atoms with Crippen molar-refractivity contribution in [3.63, 3.8) is 0 Å². The third kappa shape index (κ3) is 10.7. The highest BCUT2D eigenvalue weighted by Crippen LogP contribution is 2.12. The van der Waals surface area contributed by atoms with Crippen LogP contribution in [0.15, 0.2) is 4.99 Å². The highest BCUT2D eigenvalue weighted by molar-refractivity contribution is 5.80. The van der Waals surface area contributed by atoms with E-state index in [1.807, 2.05) is 33.9 Å². The molecule has 0 aliphatic carbocycles. The lowest BCUT2D eigenvalue weighted by Gasteiger charge is -2.13. The maximum atomic E-state index is 11.6. The molecular formula is C18H33NO3. The minimum atomic E-state index is 0.0788. The number of ketones is 2. The maximum absolute atomic E-state index is 11.6. The molecule has 128 valence electrons. The predicted octanol–water partition coefficient (Wildman–Crippen LogP) is 3.72. The smallest absolute Gasteiger partial charge is 0.137 e. The van der Waals surface area contributed by atoms with Gasteiger partial charge < -0.3 is 9.73 Å². The number of aliphatic imine (C=N–C) groups is 1. The van der Waals surface area contributed by atoms with E-state index in [9.17, 15) is 9.59 Å². The zero-order chi connectivity index (χ0) is 17.0. The molecule has 0 radical (unpaired) electrons. The van der Waals surface area contributed by atoms with Crippen LogP contribution in [0.4, 0.5) is 0 Å². The first-order valence-electron chi connectivity index (χ1n) is 8.43. The molecule has 0 aromatic heterocycles. The lowest BCUT2D eigenvalue weighted by atomic mass is 9.99. The Labute approximate surface area is 135 Å². The zero-order valence-electron chi connectivity index (χ0n) is 14.9. The number of Topliss-reactive ketones (excluding diaryl/α,β-unsaturated/α-hetero) is 2. The van der Waals surface area contributed by atoms with Crippen molar-refractivity contribution in [1.82, 2.24) is 0 Å². The highest BCUT2D eigenvalue weighted by atomic mass is 16.5. The van der Waals surface area contributed by atoms with Crippen molar-refractivity contribution < 1.29 is 14.3 Å². The first kappa shape index (κ1) is 21.0. The van der Waals surface area contributed by atoms with Gasteiger partial charge in [-0.3, -0.25) is 9.59 Å². The Morgan fingerprint density at radius 3 is 2.14 bits per heavy atom. The Morgan fingerprint density at radius 1 is 1.00 bits per heavy atom. The van der Waals surface area contributed by atoms with Crippen molar-refractivity contribution in [3.8, 4) is 0 Å². The Hall–Kier alpha value is -1.03. The number of ether oxygens (including phenoxy) is 1. The highest BCUT2D eigenvalue weighted by Gasteiger charge is 2.10. The SMILES string of the molecule is CN=CC(CCCCC(=O)C(C)C)COCCC(=O)C(C)C. The van der Waals surface area contributed by atoms with Crippen LogP contribution < -0.4 is 0 Å². The maximum Gasteiger partial charge on any atom is 0.137 e. The van der Waals surface area contributed by atoms with Crippen LogP contribution in [0, 0.1) is 17.8 Å². The molecule has 0 saturated heterocycles. The Bertz CT molecular complexity index is 320. The first-order chi connectivity index (χ1) is 10.4. The molecule has 0 aliphatic heterocycles. The van der Waals surface area contributed by atoms with Gasteiger partial charge in [0.05, 0.1) is 13.2 Å². The third-order valence-electron chi connectivity index (χ3n) is 3.72. The van der Waals surface area contributed by atoms with Crippen LogP contribution in [0.25, 0.3) is 0 Å². The van der Waals surface area contributed by atoms with Gasteiger partial charge in [0.15, 0.2) is 0 Å². The average Bonchev–Trinajstić information content (AvgIpc) is 2.46. The first-order valence-corrected chi connectivity index (χ1v) is 8.43. The van der Waals surface area contributed by atoms with Gasteiger partial charge in [0.1, 0.15) is 11.6 Å². The Kier molecular flexibility index (Phi) is 11.9. The monoisotopic (exact) mass is 311 g/mol. The Balaban J connectivity index is 3.87. The normalized spacial score (nSPS) is 13.2. The van der Waals surface area contributed by atoms with E-state index in [2.05, 4.69) is 4.99 Å². The number of carbonyl (C=O) groups excluding carboxylic acids is 2. The summed E-state index contributed by atoms with van der Waals surface area (Å²) in [4.78, 5) is 27.1. The minimum Gasteiger partial charge on any atom is -0.380 e. The molecule has 1 unspecified atom stereocenters. The van der Waals surface area contributed by atoms with Crippen molar-refractivity contribution in [3.05, 3.63) is 0 Å². The van der Waals surface area contributed by atoms with Gasteiger partial charge in [-0.25, -0.2) is 0 Å². The number of carbonyl (C=O) groups is 2. The van der Waals surface area contributed by atoms with E-state index in [-0.39, 0.29) is 23.5 Å². The van der Waals surface area contributed by atoms with Gasteiger partial charge in [0.2, 0.25) is 0 Å². The summed E-state index contributed by atoms with van der Waals surface area (Å²) in [7, 11) is 1.76. The fourth-order valence-corrected chi connectivity index (χ4v) is 2.10. The molecule has 0 aromatic rings. The van der Waals surface area contributed by atoms with E-state index in [0.29, 0.717) is 31.8 Å². The number of nitrogens with zero attached hydrogens (tertiary/aromatic N) is 1. The predicted molar refractivity (Wildman–Crippen MR) is 91.5 cm³/mol. The van der Waals surface area contributed by atoms with Crippen LogP contribution >= 0.6 is 0 Å². The summed E-state index contributed by atoms with van der Waals surface area (Å²) in [5.74, 6) is 1.07. The van der Waals surface area contributed by atoms with Crippen LogP contribution in [0.5, 0.6) is 0 Å². The van der Waals surface area contributed by atoms with Gasteiger partial charge in [-0.2, -0.15) is 0 Å². The molecule has 1 atom stereocenters. The molecule has 22 heavy (non-hydrogen) atoms. The van der Waals surface area contributed by atoms with Crippen molar-refractivity contribution in [2.24, 2.45) is 22.7 Å². The quantitative estimate of drug-likeness (QED) is 0.385. The summed E-state index contributed by atoms with van der Waals surface area (Å²) in [5.41, 5.74) is 0. The largest absolute Gasteiger partial charge is 0.380 e. The lowest BCUT2D eigenvalue weighted by Crippen LogP contribution is -2.15. The molecule has 0 N–H and O–H groups in total. The standard InChI is InChI=1S/C18H33NO3/c1-14(2)17(20)9-7-6-8-16(12-19-5)13-22-11-10-18(21)15(3)4/h12,14-16H,6-11,13H2,1-5H3. The van der Waals surface area contributed by atoms with E-state index in [0.717, 1.165) is 19.3 Å². The fourth-order valence-electron chi connectivity index (χ4n) is 2.10. The van der Waals surface area contributed by atoms with Crippen LogP contribution in [0.1, 0.15) is 59.8 Å². The van der Waals surface area contributed by atoms with Gasteiger partial charge >= 0.3 is 0 Å². The summed E-state index contributed by atoms with van der Waals surface area (Å²) in [6, 6.07) is 0. The van der Waals surface area contributed by atoms with Crippen LogP contribution in [-0.4, -0.2) is 38.0 Å². The molecule has 4 heteroatoms. The summed E-state index contributed by atoms with van der Waals surface area (Å²) in [5, 5.41) is 0. The number of hydrogen-bond acceptors (Lipinski definition) is 4. The van der Waals surface area contributed by atoms with Crippen LogP contribution in [0.2, 0.25) is 0 Å². The van der Waals surface area contributed by atoms with Gasteiger partial charge in [0.25, 0.3) is 0 Å². The van der Waals surface area contributed by atoms with Crippen molar-refractivity contribution >= 4 is 17.8 Å². The number of rotatable bonds is 13. The van der Waals surface area contributed by atoms with E-state index in [1.54, 1.807) is 7.05 Å². The Morgan fingerprint density at radius 2 is 1.59 bits per heavy atom. The molecule has 0 amide bonds. The van der Waals surface area contributed by atoms with E-state index in [1.165, 1.54) is 0 Å². The summed E-state index contributed by atoms with van der Waals surface area (Å²) >= 11 is 0. The summed E-state index contributed by atoms with van der Waals surface area (Å²) in [6.07, 6.45) is 5.96. The average molecular weight is 311 g/mol. The molecule has 0 aromatic carbocycles. The van der Waals surface area contributed by atoms with Gasteiger partial charge in [0, 0.05) is 43.9 Å². The summed E-state index contributed by atoms with van der Waals surface area (Å²) in [6.45, 7) is 8.79. The minimum absolute atomic E-state index is 0.0788. The molecule has 0 saturated carbocycles. The molecule has 0 spiro atoms. The van der Waals surface area contributed by atoms with Gasteiger partial charge in [-0.15, -0.1) is 0 Å². The zero-order valence-corrected chi connectivity index (χ0v) is 14.9. The van der Waals surface area contributed by atoms with Gasteiger partial charge in [-0.05, 0) is 12.8 Å². The molecule has 0 bridgehead atoms. The van der Waals surface area contributed by atoms with Crippen molar-refractivity contribution in [2.45, 2.75) is 59.8 Å². The number of hydrogen-bond donors (Lipinski definition) is 0.